The number of nitro groups is 1. The Hall–Kier alpha value is -4.25. The molecule has 1 fully saturated rings. The lowest BCUT2D eigenvalue weighted by atomic mass is 10.1. The molecule has 0 bridgehead atoms. The Labute approximate surface area is 201 Å². The van der Waals surface area contributed by atoms with Crippen LogP contribution in [0.15, 0.2) is 69.1 Å². The summed E-state index contributed by atoms with van der Waals surface area (Å²) in [4.78, 5) is 49.5. The molecule has 11 heteroatoms. The van der Waals surface area contributed by atoms with Gasteiger partial charge in [0.05, 0.1) is 28.8 Å². The van der Waals surface area contributed by atoms with Gasteiger partial charge in [-0.15, -0.1) is 0 Å². The van der Waals surface area contributed by atoms with Crippen LogP contribution < -0.4 is 15.0 Å². The first-order chi connectivity index (χ1) is 16.3. The molecule has 0 spiro atoms. The van der Waals surface area contributed by atoms with E-state index in [9.17, 15) is 24.5 Å². The number of barbiturate groups is 1. The van der Waals surface area contributed by atoms with E-state index in [1.54, 1.807) is 37.3 Å². The quantitative estimate of drug-likeness (QED) is 0.214. The Kier molecular flexibility index (Phi) is 6.28. The fourth-order valence-electron chi connectivity index (χ4n) is 3.33. The molecule has 1 aliphatic heterocycles. The maximum Gasteiger partial charge on any atom is 0.335 e. The summed E-state index contributed by atoms with van der Waals surface area (Å²) in [6.45, 7) is 2.12. The zero-order valence-corrected chi connectivity index (χ0v) is 19.2. The van der Waals surface area contributed by atoms with Gasteiger partial charge in [0.25, 0.3) is 17.5 Å². The van der Waals surface area contributed by atoms with E-state index >= 15 is 0 Å². The van der Waals surface area contributed by atoms with Gasteiger partial charge in [0, 0.05) is 4.47 Å². The minimum Gasteiger partial charge on any atom is -0.494 e. The van der Waals surface area contributed by atoms with E-state index < -0.39 is 22.8 Å². The minimum absolute atomic E-state index is 0.0989. The third kappa shape index (κ3) is 4.46. The van der Waals surface area contributed by atoms with Crippen molar-refractivity contribution in [2.45, 2.75) is 6.92 Å². The lowest BCUT2D eigenvalue weighted by molar-refractivity contribution is -0.384. The predicted octanol–water partition coefficient (Wildman–Crippen LogP) is 4.68. The average Bonchev–Trinajstić information content (AvgIpc) is 3.26. The molecule has 1 saturated heterocycles. The molecule has 3 aromatic rings. The molecule has 0 unspecified atom stereocenters. The summed E-state index contributed by atoms with van der Waals surface area (Å²) in [5.74, 6) is -1.11. The van der Waals surface area contributed by atoms with Gasteiger partial charge in [-0.1, -0.05) is 15.9 Å². The lowest BCUT2D eigenvalue weighted by Crippen LogP contribution is -2.54. The van der Waals surface area contributed by atoms with Gasteiger partial charge in [0.1, 0.15) is 22.8 Å². The fourth-order valence-corrected chi connectivity index (χ4v) is 3.59. The van der Waals surface area contributed by atoms with Crippen molar-refractivity contribution in [3.8, 4) is 17.1 Å². The van der Waals surface area contributed by atoms with Gasteiger partial charge in [0.2, 0.25) is 0 Å². The van der Waals surface area contributed by atoms with Crippen LogP contribution in [0.1, 0.15) is 12.7 Å². The van der Waals surface area contributed by atoms with Crippen molar-refractivity contribution < 1.29 is 28.5 Å². The second-order valence-corrected chi connectivity index (χ2v) is 7.92. The van der Waals surface area contributed by atoms with Gasteiger partial charge in [-0.2, -0.15) is 0 Å². The molecule has 0 saturated carbocycles. The van der Waals surface area contributed by atoms with Gasteiger partial charge in [-0.25, -0.2) is 9.69 Å². The Morgan fingerprint density at radius 1 is 1.12 bits per heavy atom. The summed E-state index contributed by atoms with van der Waals surface area (Å²) in [6.07, 6.45) is 1.18. The number of amides is 4. The molecule has 172 valence electrons. The number of carbonyl (C=O) groups is 3. The third-order valence-electron chi connectivity index (χ3n) is 4.84. The number of anilines is 1. The number of rotatable bonds is 6. The number of nitrogens with one attached hydrogen (secondary N) is 1. The molecule has 34 heavy (non-hydrogen) atoms. The standard InChI is InChI=1S/C23H16BrN3O7/c1-2-33-15-7-9-17(19(12-15)27(31)32)20-10-8-16(34-20)11-18-21(28)25-23(30)26(22(18)29)14-5-3-13(24)4-6-14/h3-12H,2H2,1H3,(H,25,28,30)/b18-11-. The molecule has 2 heterocycles. The first-order valence-corrected chi connectivity index (χ1v) is 10.8. The van der Waals surface area contributed by atoms with Crippen LogP contribution in [0.4, 0.5) is 16.2 Å². The van der Waals surface area contributed by atoms with Crippen LogP contribution in [0.25, 0.3) is 17.4 Å². The number of urea groups is 1. The van der Waals surface area contributed by atoms with Crippen LogP contribution in [0.2, 0.25) is 0 Å². The molecule has 4 rings (SSSR count). The Balaban J connectivity index is 1.68. The van der Waals surface area contributed by atoms with Crippen molar-refractivity contribution >= 4 is 51.2 Å². The van der Waals surface area contributed by atoms with E-state index in [4.69, 9.17) is 9.15 Å². The number of halogens is 1. The van der Waals surface area contributed by atoms with E-state index in [1.807, 2.05) is 0 Å². The Bertz CT molecular complexity index is 1340. The summed E-state index contributed by atoms with van der Waals surface area (Å²) in [7, 11) is 0. The first-order valence-electron chi connectivity index (χ1n) is 9.97. The predicted molar refractivity (Wildman–Crippen MR) is 125 cm³/mol. The zero-order chi connectivity index (χ0) is 24.4. The van der Waals surface area contributed by atoms with E-state index in [-0.39, 0.29) is 34.0 Å². The number of furan rings is 1. The number of nitrogens with zero attached hydrogens (tertiary/aromatic N) is 2. The molecule has 1 aromatic heterocycles. The lowest BCUT2D eigenvalue weighted by Gasteiger charge is -2.26. The van der Waals surface area contributed by atoms with Gasteiger partial charge < -0.3 is 9.15 Å². The molecular formula is C23H16BrN3O7. The first kappa shape index (κ1) is 22.9. The van der Waals surface area contributed by atoms with Crippen molar-refractivity contribution in [3.63, 3.8) is 0 Å². The molecule has 2 aromatic carbocycles. The van der Waals surface area contributed by atoms with Crippen molar-refractivity contribution in [1.29, 1.82) is 0 Å². The molecular weight excluding hydrogens is 510 g/mol. The maximum atomic E-state index is 13.0. The van der Waals surface area contributed by atoms with Gasteiger partial charge >= 0.3 is 6.03 Å². The second kappa shape index (κ2) is 9.32. The van der Waals surface area contributed by atoms with Crippen LogP contribution >= 0.6 is 15.9 Å². The Morgan fingerprint density at radius 2 is 1.85 bits per heavy atom. The van der Waals surface area contributed by atoms with E-state index in [1.165, 1.54) is 30.3 Å². The summed E-state index contributed by atoms with van der Waals surface area (Å²) >= 11 is 3.28. The number of carbonyl (C=O) groups excluding carboxylic acids is 3. The molecule has 1 aliphatic rings. The van der Waals surface area contributed by atoms with Crippen LogP contribution in [0, 0.1) is 10.1 Å². The van der Waals surface area contributed by atoms with Crippen LogP contribution in [0.5, 0.6) is 5.75 Å². The molecule has 0 radical (unpaired) electrons. The van der Waals surface area contributed by atoms with Crippen LogP contribution in [0.3, 0.4) is 0 Å². The number of imide groups is 2. The number of nitro benzene ring substituents is 1. The normalized spacial score (nSPS) is 14.9. The summed E-state index contributed by atoms with van der Waals surface area (Å²) in [5.41, 5.74) is -0.0824. The van der Waals surface area contributed by atoms with Crippen molar-refractivity contribution in [2.75, 3.05) is 11.5 Å². The average molecular weight is 526 g/mol. The van der Waals surface area contributed by atoms with Crippen LogP contribution in [-0.2, 0) is 9.59 Å². The molecule has 0 atom stereocenters. The Morgan fingerprint density at radius 3 is 2.53 bits per heavy atom. The highest BCUT2D eigenvalue weighted by molar-refractivity contribution is 9.10. The monoisotopic (exact) mass is 525 g/mol. The van der Waals surface area contributed by atoms with Gasteiger partial charge in [-0.05, 0) is 61.5 Å². The number of hydrogen-bond donors (Lipinski definition) is 1. The summed E-state index contributed by atoms with van der Waals surface area (Å²) in [6, 6.07) is 12.8. The topological polar surface area (TPSA) is 132 Å². The van der Waals surface area contributed by atoms with Crippen LogP contribution in [-0.4, -0.2) is 29.4 Å². The smallest absolute Gasteiger partial charge is 0.335 e. The highest BCUT2D eigenvalue weighted by Crippen LogP contribution is 2.35. The van der Waals surface area contributed by atoms with Crippen molar-refractivity contribution in [2.24, 2.45) is 0 Å². The fraction of sp³-hybridized carbons (Fsp3) is 0.0870. The molecule has 1 N–H and O–H groups in total. The van der Waals surface area contributed by atoms with Crippen molar-refractivity contribution in [3.05, 3.63) is 80.5 Å². The maximum absolute atomic E-state index is 13.0. The number of hydrogen-bond acceptors (Lipinski definition) is 7. The largest absolute Gasteiger partial charge is 0.494 e. The molecule has 10 nitrogen and oxygen atoms in total. The molecule has 4 amide bonds. The van der Waals surface area contributed by atoms with Crippen molar-refractivity contribution in [1.82, 2.24) is 5.32 Å². The van der Waals surface area contributed by atoms with E-state index in [0.717, 1.165) is 9.37 Å². The van der Waals surface area contributed by atoms with E-state index in [0.29, 0.717) is 12.4 Å². The molecule has 0 aliphatic carbocycles. The SMILES string of the molecule is CCOc1ccc(-c2ccc(/C=C3/C(=O)NC(=O)N(c4ccc(Br)cc4)C3=O)o2)c([N+](=O)[O-])c1. The minimum atomic E-state index is -0.881. The van der Waals surface area contributed by atoms with E-state index in [2.05, 4.69) is 21.2 Å². The van der Waals surface area contributed by atoms with Gasteiger partial charge in [-0.3, -0.25) is 25.0 Å². The number of benzene rings is 2. The van der Waals surface area contributed by atoms with Gasteiger partial charge in [0.15, 0.2) is 0 Å². The zero-order valence-electron chi connectivity index (χ0n) is 17.6. The number of ether oxygens (including phenoxy) is 1. The second-order valence-electron chi connectivity index (χ2n) is 7.01. The summed E-state index contributed by atoms with van der Waals surface area (Å²) in [5, 5.41) is 13.7. The third-order valence-corrected chi connectivity index (χ3v) is 5.37. The summed E-state index contributed by atoms with van der Waals surface area (Å²) < 4.78 is 11.7. The highest BCUT2D eigenvalue weighted by atomic mass is 79.9. The highest BCUT2D eigenvalue weighted by Gasteiger charge is 2.37.